The van der Waals surface area contributed by atoms with Crippen molar-refractivity contribution >= 4 is 11.9 Å². The van der Waals surface area contributed by atoms with Crippen molar-refractivity contribution in [2.75, 3.05) is 13.2 Å². The lowest BCUT2D eigenvalue weighted by atomic mass is 10.1. The molecular weight excluding hydrogens is 194 g/mol. The van der Waals surface area contributed by atoms with Crippen molar-refractivity contribution in [2.45, 2.75) is 32.7 Å². The summed E-state index contributed by atoms with van der Waals surface area (Å²) in [5.74, 6) is 0.693. The number of rotatable bonds is 2. The molecular formula is C11H17NO3. The molecule has 3 unspecified atom stereocenters. The molecule has 0 aromatic heterocycles. The number of amides is 1. The second-order valence-corrected chi connectivity index (χ2v) is 4.33. The number of hydrogen-bond donors (Lipinski definition) is 0. The van der Waals surface area contributed by atoms with Crippen LogP contribution in [-0.2, 0) is 9.53 Å². The van der Waals surface area contributed by atoms with Crippen LogP contribution in [0.2, 0.25) is 0 Å². The van der Waals surface area contributed by atoms with Gasteiger partial charge in [0.2, 0.25) is 0 Å². The zero-order valence-corrected chi connectivity index (χ0v) is 9.23. The quantitative estimate of drug-likeness (QED) is 0.694. The number of carbonyl (C=O) groups is 2. The molecule has 0 aromatic carbocycles. The molecule has 1 saturated heterocycles. The normalized spacial score (nSPS) is 33.2. The summed E-state index contributed by atoms with van der Waals surface area (Å²) in [4.78, 5) is 24.7. The van der Waals surface area contributed by atoms with E-state index in [9.17, 15) is 9.59 Å². The highest BCUT2D eigenvalue weighted by atomic mass is 16.6. The Balaban J connectivity index is 2.02. The first kappa shape index (κ1) is 10.5. The van der Waals surface area contributed by atoms with Gasteiger partial charge in [0, 0.05) is 18.5 Å². The van der Waals surface area contributed by atoms with E-state index >= 15 is 0 Å². The van der Waals surface area contributed by atoms with Gasteiger partial charge in [-0.1, -0.05) is 0 Å². The molecule has 4 nitrogen and oxygen atoms in total. The predicted octanol–water partition coefficient (Wildman–Crippen LogP) is 1.44. The van der Waals surface area contributed by atoms with Crippen molar-refractivity contribution in [1.82, 2.24) is 4.90 Å². The molecule has 1 amide bonds. The van der Waals surface area contributed by atoms with E-state index in [4.69, 9.17) is 4.74 Å². The van der Waals surface area contributed by atoms with Crippen LogP contribution in [0.4, 0.5) is 4.79 Å². The highest BCUT2D eigenvalue weighted by Crippen LogP contribution is 2.49. The van der Waals surface area contributed by atoms with Crippen molar-refractivity contribution in [2.24, 2.45) is 11.8 Å². The fourth-order valence-electron chi connectivity index (χ4n) is 2.74. The monoisotopic (exact) mass is 211 g/mol. The highest BCUT2D eigenvalue weighted by molar-refractivity contribution is 5.84. The number of nitrogens with zero attached hydrogens (tertiary/aromatic N) is 1. The maximum absolute atomic E-state index is 11.6. The first-order valence-corrected chi connectivity index (χ1v) is 5.60. The third kappa shape index (κ3) is 1.73. The minimum atomic E-state index is -0.254. The van der Waals surface area contributed by atoms with Crippen LogP contribution in [0.3, 0.4) is 0 Å². The van der Waals surface area contributed by atoms with Crippen molar-refractivity contribution in [3.63, 3.8) is 0 Å². The lowest BCUT2D eigenvalue weighted by Crippen LogP contribution is -2.38. The Hall–Kier alpha value is -1.06. The second-order valence-electron chi connectivity index (χ2n) is 4.33. The van der Waals surface area contributed by atoms with E-state index in [1.165, 1.54) is 0 Å². The standard InChI is InChI=1S/C11H17NO3/c1-3-15-11(14)12-6-4-5-8-9(7(2)13)10(8)12/h8-10H,3-6H2,1-2H3. The van der Waals surface area contributed by atoms with E-state index in [-0.39, 0.29) is 23.8 Å². The van der Waals surface area contributed by atoms with Crippen molar-refractivity contribution in [3.05, 3.63) is 0 Å². The summed E-state index contributed by atoms with van der Waals surface area (Å²) in [6.45, 7) is 4.56. The molecule has 84 valence electrons. The minimum absolute atomic E-state index is 0.0805. The molecule has 2 aliphatic rings. The van der Waals surface area contributed by atoms with Gasteiger partial charge in [0.15, 0.2) is 0 Å². The number of ether oxygens (including phenoxy) is 1. The van der Waals surface area contributed by atoms with Crippen molar-refractivity contribution in [3.8, 4) is 0 Å². The summed E-state index contributed by atoms with van der Waals surface area (Å²) in [6, 6.07) is 0.135. The summed E-state index contributed by atoms with van der Waals surface area (Å²) < 4.78 is 4.98. The maximum Gasteiger partial charge on any atom is 0.410 e. The van der Waals surface area contributed by atoms with Crippen LogP contribution in [0.15, 0.2) is 0 Å². The van der Waals surface area contributed by atoms with E-state index in [1.54, 1.807) is 18.7 Å². The average Bonchev–Trinajstić information content (AvgIpc) is 2.91. The van der Waals surface area contributed by atoms with Crippen LogP contribution < -0.4 is 0 Å². The zero-order valence-electron chi connectivity index (χ0n) is 9.23. The summed E-state index contributed by atoms with van der Waals surface area (Å²) in [5, 5.41) is 0. The van der Waals surface area contributed by atoms with Gasteiger partial charge in [-0.2, -0.15) is 0 Å². The van der Waals surface area contributed by atoms with Gasteiger partial charge in [0.05, 0.1) is 6.61 Å². The second kappa shape index (κ2) is 3.83. The van der Waals surface area contributed by atoms with Gasteiger partial charge in [-0.3, -0.25) is 4.79 Å². The Bertz CT molecular complexity index is 290. The van der Waals surface area contributed by atoms with Crippen LogP contribution in [0, 0.1) is 11.8 Å². The third-order valence-corrected chi connectivity index (χ3v) is 3.40. The van der Waals surface area contributed by atoms with E-state index in [2.05, 4.69) is 0 Å². The van der Waals surface area contributed by atoms with Crippen LogP contribution in [-0.4, -0.2) is 36.0 Å². The summed E-state index contributed by atoms with van der Waals surface area (Å²) >= 11 is 0. The van der Waals surface area contributed by atoms with Crippen LogP contribution in [0.1, 0.15) is 26.7 Å². The fourth-order valence-corrected chi connectivity index (χ4v) is 2.74. The third-order valence-electron chi connectivity index (χ3n) is 3.40. The predicted molar refractivity (Wildman–Crippen MR) is 54.4 cm³/mol. The molecule has 1 heterocycles. The van der Waals surface area contributed by atoms with Crippen molar-refractivity contribution < 1.29 is 14.3 Å². The van der Waals surface area contributed by atoms with Gasteiger partial charge < -0.3 is 9.64 Å². The molecule has 2 fully saturated rings. The average molecular weight is 211 g/mol. The largest absolute Gasteiger partial charge is 0.450 e. The lowest BCUT2D eigenvalue weighted by molar-refractivity contribution is -0.118. The molecule has 2 rings (SSSR count). The van der Waals surface area contributed by atoms with Gasteiger partial charge in [-0.25, -0.2) is 4.79 Å². The molecule has 0 radical (unpaired) electrons. The smallest absolute Gasteiger partial charge is 0.410 e. The van der Waals surface area contributed by atoms with Gasteiger partial charge in [0.25, 0.3) is 0 Å². The topological polar surface area (TPSA) is 46.6 Å². The fraction of sp³-hybridized carbons (Fsp3) is 0.818. The number of ketones is 1. The van der Waals surface area contributed by atoms with Crippen molar-refractivity contribution in [1.29, 1.82) is 0 Å². The maximum atomic E-state index is 11.6. The Morgan fingerprint density at radius 1 is 1.47 bits per heavy atom. The lowest BCUT2D eigenvalue weighted by Gasteiger charge is -2.25. The van der Waals surface area contributed by atoms with Gasteiger partial charge >= 0.3 is 6.09 Å². The molecule has 0 bridgehead atoms. The molecule has 1 aliphatic heterocycles. The van der Waals surface area contributed by atoms with Crippen LogP contribution >= 0.6 is 0 Å². The molecule has 3 atom stereocenters. The van der Waals surface area contributed by atoms with Crippen LogP contribution in [0.25, 0.3) is 0 Å². The Morgan fingerprint density at radius 2 is 2.20 bits per heavy atom. The SMILES string of the molecule is CCOC(=O)N1CCCC2C(C(C)=O)C21. The molecule has 4 heteroatoms. The summed E-state index contributed by atoms with van der Waals surface area (Å²) in [5.41, 5.74) is 0. The Kier molecular flexibility index (Phi) is 2.67. The Labute approximate surface area is 89.6 Å². The van der Waals surface area contributed by atoms with Crippen LogP contribution in [0.5, 0.6) is 0 Å². The van der Waals surface area contributed by atoms with Gasteiger partial charge in [0.1, 0.15) is 5.78 Å². The molecule has 1 saturated carbocycles. The molecule has 0 N–H and O–H groups in total. The first-order chi connectivity index (χ1) is 7.16. The number of fused-ring (bicyclic) bond motifs is 1. The molecule has 0 aromatic rings. The zero-order chi connectivity index (χ0) is 11.0. The number of carbonyl (C=O) groups excluding carboxylic acids is 2. The summed E-state index contributed by atoms with van der Waals surface area (Å²) in [7, 11) is 0. The minimum Gasteiger partial charge on any atom is -0.450 e. The molecule has 15 heavy (non-hydrogen) atoms. The highest BCUT2D eigenvalue weighted by Gasteiger charge is 2.58. The van der Waals surface area contributed by atoms with E-state index in [0.29, 0.717) is 12.5 Å². The van der Waals surface area contributed by atoms with E-state index in [0.717, 1.165) is 19.4 Å². The van der Waals surface area contributed by atoms with Gasteiger partial charge in [-0.05, 0) is 32.6 Å². The molecule has 1 aliphatic carbocycles. The van der Waals surface area contributed by atoms with E-state index in [1.807, 2.05) is 0 Å². The number of hydrogen-bond acceptors (Lipinski definition) is 3. The number of likely N-dealkylation sites (tertiary alicyclic amines) is 1. The summed E-state index contributed by atoms with van der Waals surface area (Å²) in [6.07, 6.45) is 1.81. The molecule has 0 spiro atoms. The van der Waals surface area contributed by atoms with E-state index < -0.39 is 0 Å². The Morgan fingerprint density at radius 3 is 2.80 bits per heavy atom. The van der Waals surface area contributed by atoms with Gasteiger partial charge in [-0.15, -0.1) is 0 Å². The number of Topliss-reactive ketones (excluding diaryl/α,β-unsaturated/α-hetero) is 1. The number of piperidine rings is 1. The first-order valence-electron chi connectivity index (χ1n) is 5.60.